The molecule has 1 nitrogen and oxygen atoms in total. The lowest BCUT2D eigenvalue weighted by atomic mass is 9.85. The average Bonchev–Trinajstić information content (AvgIpc) is 2.34. The van der Waals surface area contributed by atoms with E-state index in [9.17, 15) is 0 Å². The Morgan fingerprint density at radius 3 is 2.71 bits per heavy atom. The van der Waals surface area contributed by atoms with Gasteiger partial charge >= 0.3 is 0 Å². The van der Waals surface area contributed by atoms with E-state index < -0.39 is 0 Å². The molecule has 0 spiro atoms. The second-order valence-corrected chi connectivity index (χ2v) is 5.09. The lowest BCUT2D eigenvalue weighted by Gasteiger charge is -2.27. The summed E-state index contributed by atoms with van der Waals surface area (Å²) in [7, 11) is 2.06. The number of benzene rings is 1. The highest BCUT2D eigenvalue weighted by atomic mass is 14.9. The SMILES string of the molecule is CNC1c2cc(C)ccc2CC1(C)C. The zero-order valence-corrected chi connectivity index (χ0v) is 9.52. The van der Waals surface area contributed by atoms with E-state index in [1.807, 2.05) is 0 Å². The molecule has 1 atom stereocenters. The van der Waals surface area contributed by atoms with Crippen molar-refractivity contribution in [3.05, 3.63) is 34.9 Å². The quantitative estimate of drug-likeness (QED) is 0.716. The van der Waals surface area contributed by atoms with E-state index in [0.717, 1.165) is 0 Å². The van der Waals surface area contributed by atoms with E-state index >= 15 is 0 Å². The van der Waals surface area contributed by atoms with Crippen LogP contribution in [0.25, 0.3) is 0 Å². The molecule has 0 heterocycles. The molecular weight excluding hydrogens is 170 g/mol. The van der Waals surface area contributed by atoms with Gasteiger partial charge in [-0.1, -0.05) is 37.6 Å². The summed E-state index contributed by atoms with van der Waals surface area (Å²) < 4.78 is 0. The van der Waals surface area contributed by atoms with E-state index in [1.54, 1.807) is 0 Å². The fourth-order valence-electron chi connectivity index (χ4n) is 2.70. The van der Waals surface area contributed by atoms with Crippen LogP contribution >= 0.6 is 0 Å². The zero-order valence-electron chi connectivity index (χ0n) is 9.52. The number of hydrogen-bond acceptors (Lipinski definition) is 1. The predicted molar refractivity (Wildman–Crippen MR) is 60.5 cm³/mol. The van der Waals surface area contributed by atoms with Crippen molar-refractivity contribution >= 4 is 0 Å². The molecule has 0 fully saturated rings. The van der Waals surface area contributed by atoms with Gasteiger partial charge in [-0.2, -0.15) is 0 Å². The van der Waals surface area contributed by atoms with Gasteiger partial charge in [0.1, 0.15) is 0 Å². The molecule has 0 saturated carbocycles. The normalized spacial score (nSPS) is 23.6. The van der Waals surface area contributed by atoms with Crippen LogP contribution in [-0.2, 0) is 6.42 Å². The van der Waals surface area contributed by atoms with Crippen LogP contribution in [0.2, 0.25) is 0 Å². The van der Waals surface area contributed by atoms with E-state index in [4.69, 9.17) is 0 Å². The average molecular weight is 189 g/mol. The Kier molecular flexibility index (Phi) is 2.15. The number of hydrogen-bond donors (Lipinski definition) is 1. The Balaban J connectivity index is 2.49. The van der Waals surface area contributed by atoms with Crippen molar-refractivity contribution in [2.45, 2.75) is 33.2 Å². The molecule has 0 aromatic heterocycles. The van der Waals surface area contributed by atoms with Gasteiger partial charge in [-0.3, -0.25) is 0 Å². The third kappa shape index (κ3) is 1.36. The highest BCUT2D eigenvalue weighted by Crippen LogP contribution is 2.44. The molecule has 2 rings (SSSR count). The summed E-state index contributed by atoms with van der Waals surface area (Å²) in [6.07, 6.45) is 1.19. The van der Waals surface area contributed by atoms with E-state index in [2.05, 4.69) is 51.3 Å². The molecule has 0 bridgehead atoms. The lowest BCUT2D eigenvalue weighted by molar-refractivity contribution is 0.283. The van der Waals surface area contributed by atoms with Gasteiger partial charge in [0, 0.05) is 6.04 Å². The van der Waals surface area contributed by atoms with Crippen LogP contribution in [0, 0.1) is 12.3 Å². The minimum Gasteiger partial charge on any atom is -0.313 e. The van der Waals surface area contributed by atoms with Gasteiger partial charge < -0.3 is 5.32 Å². The van der Waals surface area contributed by atoms with Crippen molar-refractivity contribution in [3.63, 3.8) is 0 Å². The monoisotopic (exact) mass is 189 g/mol. The van der Waals surface area contributed by atoms with Crippen LogP contribution < -0.4 is 5.32 Å². The van der Waals surface area contributed by atoms with Crippen molar-refractivity contribution < 1.29 is 0 Å². The molecule has 1 aliphatic carbocycles. The molecule has 0 saturated heterocycles. The maximum Gasteiger partial charge on any atom is 0.0375 e. The topological polar surface area (TPSA) is 12.0 Å². The maximum atomic E-state index is 3.44. The Hall–Kier alpha value is -0.820. The fourth-order valence-corrected chi connectivity index (χ4v) is 2.70. The summed E-state index contributed by atoms with van der Waals surface area (Å²) in [6, 6.07) is 7.33. The first-order valence-electron chi connectivity index (χ1n) is 5.31. The molecule has 76 valence electrons. The standard InChI is InChI=1S/C13H19N/c1-9-5-6-10-8-13(2,3)12(14-4)11(10)7-9/h5-7,12,14H,8H2,1-4H3. The van der Waals surface area contributed by atoms with Gasteiger partial charge in [-0.15, -0.1) is 0 Å². The first kappa shape index (κ1) is 9.72. The number of nitrogens with one attached hydrogen (secondary N) is 1. The van der Waals surface area contributed by atoms with Crippen LogP contribution in [0.4, 0.5) is 0 Å². The summed E-state index contributed by atoms with van der Waals surface area (Å²) in [4.78, 5) is 0. The van der Waals surface area contributed by atoms with Crippen LogP contribution in [0.15, 0.2) is 18.2 Å². The van der Waals surface area contributed by atoms with Gasteiger partial charge in [-0.25, -0.2) is 0 Å². The molecule has 1 heteroatoms. The molecule has 0 radical (unpaired) electrons. The van der Waals surface area contributed by atoms with Crippen LogP contribution in [-0.4, -0.2) is 7.05 Å². The third-order valence-electron chi connectivity index (χ3n) is 3.33. The second kappa shape index (κ2) is 3.09. The predicted octanol–water partition coefficient (Wildman–Crippen LogP) is 2.84. The van der Waals surface area contributed by atoms with Gasteiger partial charge in [0.2, 0.25) is 0 Å². The largest absolute Gasteiger partial charge is 0.313 e. The Morgan fingerprint density at radius 2 is 2.07 bits per heavy atom. The maximum absolute atomic E-state index is 3.44. The van der Waals surface area contributed by atoms with E-state index in [1.165, 1.54) is 23.1 Å². The second-order valence-electron chi connectivity index (χ2n) is 5.09. The van der Waals surface area contributed by atoms with Gasteiger partial charge in [0.25, 0.3) is 0 Å². The van der Waals surface area contributed by atoms with Crippen molar-refractivity contribution in [1.82, 2.24) is 5.32 Å². The molecule has 1 aromatic rings. The summed E-state index contributed by atoms with van der Waals surface area (Å²) >= 11 is 0. The Morgan fingerprint density at radius 1 is 1.36 bits per heavy atom. The van der Waals surface area contributed by atoms with Gasteiger partial charge in [0.05, 0.1) is 0 Å². The van der Waals surface area contributed by atoms with Gasteiger partial charge in [-0.05, 0) is 36.9 Å². The number of aryl methyl sites for hydroxylation is 1. The van der Waals surface area contributed by atoms with Crippen LogP contribution in [0.5, 0.6) is 0 Å². The molecule has 1 N–H and O–H groups in total. The molecule has 1 unspecified atom stereocenters. The van der Waals surface area contributed by atoms with Crippen molar-refractivity contribution in [1.29, 1.82) is 0 Å². The first-order valence-corrected chi connectivity index (χ1v) is 5.31. The number of fused-ring (bicyclic) bond motifs is 1. The lowest BCUT2D eigenvalue weighted by Crippen LogP contribution is -2.28. The highest BCUT2D eigenvalue weighted by Gasteiger charge is 2.37. The molecule has 0 aliphatic heterocycles. The highest BCUT2D eigenvalue weighted by molar-refractivity contribution is 5.40. The third-order valence-corrected chi connectivity index (χ3v) is 3.33. The van der Waals surface area contributed by atoms with Crippen molar-refractivity contribution in [3.8, 4) is 0 Å². The molecule has 1 aliphatic rings. The fraction of sp³-hybridized carbons (Fsp3) is 0.538. The smallest absolute Gasteiger partial charge is 0.0375 e. The Bertz CT molecular complexity index is 352. The summed E-state index contributed by atoms with van der Waals surface area (Å²) in [5.74, 6) is 0. The van der Waals surface area contributed by atoms with Crippen LogP contribution in [0.1, 0.15) is 36.6 Å². The van der Waals surface area contributed by atoms with E-state index in [0.29, 0.717) is 11.5 Å². The number of rotatable bonds is 1. The molecule has 14 heavy (non-hydrogen) atoms. The molecule has 0 amide bonds. The van der Waals surface area contributed by atoms with E-state index in [-0.39, 0.29) is 0 Å². The Labute approximate surface area is 86.5 Å². The van der Waals surface area contributed by atoms with Crippen LogP contribution in [0.3, 0.4) is 0 Å². The summed E-state index contributed by atoms with van der Waals surface area (Å²) in [5, 5.41) is 3.44. The molecule has 1 aromatic carbocycles. The summed E-state index contributed by atoms with van der Waals surface area (Å²) in [6.45, 7) is 6.84. The molecular formula is C13H19N. The minimum atomic E-state index is 0.352. The summed E-state index contributed by atoms with van der Waals surface area (Å²) in [5.41, 5.74) is 4.73. The minimum absolute atomic E-state index is 0.352. The van der Waals surface area contributed by atoms with Crippen molar-refractivity contribution in [2.75, 3.05) is 7.05 Å². The van der Waals surface area contributed by atoms with Crippen molar-refractivity contribution in [2.24, 2.45) is 5.41 Å². The zero-order chi connectivity index (χ0) is 10.3. The first-order chi connectivity index (χ1) is 6.54. The van der Waals surface area contributed by atoms with Gasteiger partial charge in [0.15, 0.2) is 0 Å².